The normalized spacial score (nSPS) is 15.4. The summed E-state index contributed by atoms with van der Waals surface area (Å²) in [5.74, 6) is 1.28. The average molecular weight is 369 g/mol. The first-order valence-electron chi connectivity index (χ1n) is 9.34. The third kappa shape index (κ3) is 4.07. The Morgan fingerprint density at radius 3 is 2.63 bits per heavy atom. The summed E-state index contributed by atoms with van der Waals surface area (Å²) >= 11 is 0. The van der Waals surface area contributed by atoms with Crippen LogP contribution in [0.2, 0.25) is 0 Å². The van der Waals surface area contributed by atoms with Crippen LogP contribution in [0.4, 0.5) is 5.69 Å². The zero-order valence-corrected chi connectivity index (χ0v) is 16.1. The SMILES string of the molecule is COc1cc2ncc(C#N)c(N3CCCN(CCCN)CC3)c2cc1OC. The van der Waals surface area contributed by atoms with E-state index in [2.05, 4.69) is 20.9 Å². The van der Waals surface area contributed by atoms with E-state index in [-0.39, 0.29) is 0 Å². The summed E-state index contributed by atoms with van der Waals surface area (Å²) < 4.78 is 10.9. The van der Waals surface area contributed by atoms with Crippen LogP contribution in [-0.2, 0) is 0 Å². The van der Waals surface area contributed by atoms with Gasteiger partial charge in [-0.25, -0.2) is 0 Å². The third-order valence-electron chi connectivity index (χ3n) is 5.05. The molecule has 3 rings (SSSR count). The van der Waals surface area contributed by atoms with Crippen molar-refractivity contribution in [2.45, 2.75) is 12.8 Å². The fraction of sp³-hybridized carbons (Fsp3) is 0.500. The minimum atomic E-state index is 0.588. The monoisotopic (exact) mass is 369 g/mol. The summed E-state index contributed by atoms with van der Waals surface area (Å²) in [6, 6.07) is 6.10. The highest BCUT2D eigenvalue weighted by Crippen LogP contribution is 2.37. The lowest BCUT2D eigenvalue weighted by Crippen LogP contribution is -2.32. The number of hydrogen-bond donors (Lipinski definition) is 1. The van der Waals surface area contributed by atoms with E-state index in [0.717, 1.165) is 68.7 Å². The van der Waals surface area contributed by atoms with Crippen LogP contribution in [0, 0.1) is 11.3 Å². The van der Waals surface area contributed by atoms with Crippen LogP contribution in [0.25, 0.3) is 10.9 Å². The van der Waals surface area contributed by atoms with Gasteiger partial charge in [-0.1, -0.05) is 0 Å². The van der Waals surface area contributed by atoms with E-state index in [1.165, 1.54) is 0 Å². The Labute approximate surface area is 160 Å². The van der Waals surface area contributed by atoms with Crippen molar-refractivity contribution in [3.8, 4) is 17.6 Å². The molecule has 7 heteroatoms. The highest BCUT2D eigenvalue weighted by atomic mass is 16.5. The van der Waals surface area contributed by atoms with Crippen LogP contribution < -0.4 is 20.1 Å². The fourth-order valence-corrected chi connectivity index (χ4v) is 3.66. The van der Waals surface area contributed by atoms with Gasteiger partial charge in [0.15, 0.2) is 11.5 Å². The molecule has 0 amide bonds. The van der Waals surface area contributed by atoms with Gasteiger partial charge in [0, 0.05) is 37.3 Å². The number of aromatic nitrogens is 1. The van der Waals surface area contributed by atoms with Crippen LogP contribution in [-0.4, -0.2) is 63.4 Å². The first kappa shape index (κ1) is 19.2. The van der Waals surface area contributed by atoms with E-state index in [9.17, 15) is 5.26 Å². The van der Waals surface area contributed by atoms with E-state index in [4.69, 9.17) is 15.2 Å². The second kappa shape index (κ2) is 8.89. The van der Waals surface area contributed by atoms with Gasteiger partial charge in [-0.05, 0) is 38.5 Å². The molecule has 1 aliphatic rings. The Morgan fingerprint density at radius 1 is 1.15 bits per heavy atom. The molecule has 144 valence electrons. The number of benzene rings is 1. The molecular weight excluding hydrogens is 342 g/mol. The Morgan fingerprint density at radius 2 is 1.93 bits per heavy atom. The van der Waals surface area contributed by atoms with Crippen LogP contribution in [0.3, 0.4) is 0 Å². The van der Waals surface area contributed by atoms with E-state index in [0.29, 0.717) is 17.1 Å². The van der Waals surface area contributed by atoms with Crippen LogP contribution in [0.15, 0.2) is 18.3 Å². The Kier molecular flexibility index (Phi) is 6.32. The average Bonchev–Trinajstić information content (AvgIpc) is 2.95. The van der Waals surface area contributed by atoms with Gasteiger partial charge < -0.3 is 25.0 Å². The van der Waals surface area contributed by atoms with Crippen LogP contribution in [0.5, 0.6) is 11.5 Å². The third-order valence-corrected chi connectivity index (χ3v) is 5.05. The molecule has 0 unspecified atom stereocenters. The molecule has 0 bridgehead atoms. The summed E-state index contributed by atoms with van der Waals surface area (Å²) in [6.07, 6.45) is 3.71. The molecule has 1 aromatic heterocycles. The lowest BCUT2D eigenvalue weighted by atomic mass is 10.1. The number of rotatable bonds is 6. The van der Waals surface area contributed by atoms with Crippen LogP contribution in [0.1, 0.15) is 18.4 Å². The van der Waals surface area contributed by atoms with E-state index in [1.807, 2.05) is 12.1 Å². The molecule has 1 aromatic carbocycles. The molecule has 27 heavy (non-hydrogen) atoms. The molecule has 2 N–H and O–H groups in total. The van der Waals surface area contributed by atoms with Crippen molar-refractivity contribution in [2.24, 2.45) is 5.73 Å². The zero-order valence-electron chi connectivity index (χ0n) is 16.1. The first-order valence-corrected chi connectivity index (χ1v) is 9.34. The molecule has 7 nitrogen and oxygen atoms in total. The van der Waals surface area contributed by atoms with Gasteiger partial charge >= 0.3 is 0 Å². The highest BCUT2D eigenvalue weighted by Gasteiger charge is 2.21. The second-order valence-corrected chi connectivity index (χ2v) is 6.68. The van der Waals surface area contributed by atoms with Crippen molar-refractivity contribution in [3.63, 3.8) is 0 Å². The first-order chi connectivity index (χ1) is 13.2. The quantitative estimate of drug-likeness (QED) is 0.833. The molecule has 1 saturated heterocycles. The predicted octanol–water partition coefficient (Wildman–Crippen LogP) is 1.98. The topological polar surface area (TPSA) is 87.6 Å². The van der Waals surface area contributed by atoms with E-state index < -0.39 is 0 Å². The zero-order chi connectivity index (χ0) is 19.2. The maximum Gasteiger partial charge on any atom is 0.162 e. The Hall–Kier alpha value is -2.56. The van der Waals surface area contributed by atoms with Crippen molar-refractivity contribution in [1.82, 2.24) is 9.88 Å². The lowest BCUT2D eigenvalue weighted by Gasteiger charge is -2.26. The van der Waals surface area contributed by atoms with Gasteiger partial charge in [0.25, 0.3) is 0 Å². The van der Waals surface area contributed by atoms with Gasteiger partial charge in [-0.3, -0.25) is 4.98 Å². The summed E-state index contributed by atoms with van der Waals surface area (Å²) in [4.78, 5) is 9.21. The maximum absolute atomic E-state index is 9.68. The molecule has 0 aliphatic carbocycles. The van der Waals surface area contributed by atoms with Crippen molar-refractivity contribution in [1.29, 1.82) is 5.26 Å². The highest BCUT2D eigenvalue weighted by molar-refractivity contribution is 5.96. The molecule has 0 radical (unpaired) electrons. The van der Waals surface area contributed by atoms with Crippen molar-refractivity contribution >= 4 is 16.6 Å². The Bertz CT molecular complexity index is 833. The molecule has 0 saturated carbocycles. The molecule has 0 atom stereocenters. The summed E-state index contributed by atoms with van der Waals surface area (Å²) in [5.41, 5.74) is 7.97. The standard InChI is InChI=1S/C20H27N5O2/c1-26-18-11-16-17(12-19(18)27-2)23-14-15(13-22)20(16)25-8-4-7-24(9-10-25)6-3-5-21/h11-12,14H,3-10,21H2,1-2H3. The smallest absolute Gasteiger partial charge is 0.162 e. The fourth-order valence-electron chi connectivity index (χ4n) is 3.66. The summed E-state index contributed by atoms with van der Waals surface area (Å²) in [5, 5.41) is 10.6. The van der Waals surface area contributed by atoms with Gasteiger partial charge in [-0.2, -0.15) is 5.26 Å². The lowest BCUT2D eigenvalue weighted by molar-refractivity contribution is 0.291. The molecule has 1 aliphatic heterocycles. The van der Waals surface area contributed by atoms with Gasteiger partial charge in [0.05, 0.1) is 31.0 Å². The largest absolute Gasteiger partial charge is 0.493 e. The van der Waals surface area contributed by atoms with Gasteiger partial charge in [0.1, 0.15) is 6.07 Å². The maximum atomic E-state index is 9.68. The number of methoxy groups -OCH3 is 2. The van der Waals surface area contributed by atoms with Gasteiger partial charge in [0.2, 0.25) is 0 Å². The predicted molar refractivity (Wildman–Crippen MR) is 107 cm³/mol. The Balaban J connectivity index is 2.00. The van der Waals surface area contributed by atoms with Crippen molar-refractivity contribution in [3.05, 3.63) is 23.9 Å². The van der Waals surface area contributed by atoms with Gasteiger partial charge in [-0.15, -0.1) is 0 Å². The molecule has 1 fully saturated rings. The number of ether oxygens (including phenoxy) is 2. The van der Waals surface area contributed by atoms with E-state index >= 15 is 0 Å². The molecule has 2 heterocycles. The number of anilines is 1. The molecular formula is C20H27N5O2. The number of nitrogens with two attached hydrogens (primary N) is 1. The van der Waals surface area contributed by atoms with Crippen molar-refractivity contribution in [2.75, 3.05) is 58.4 Å². The van der Waals surface area contributed by atoms with E-state index in [1.54, 1.807) is 20.4 Å². The van der Waals surface area contributed by atoms with Crippen molar-refractivity contribution < 1.29 is 9.47 Å². The molecule has 2 aromatic rings. The second-order valence-electron chi connectivity index (χ2n) is 6.68. The van der Waals surface area contributed by atoms with Crippen LogP contribution >= 0.6 is 0 Å². The number of hydrogen-bond acceptors (Lipinski definition) is 7. The number of nitrogens with zero attached hydrogens (tertiary/aromatic N) is 4. The number of pyridine rings is 1. The summed E-state index contributed by atoms with van der Waals surface area (Å²) in [7, 11) is 3.23. The minimum Gasteiger partial charge on any atom is -0.493 e. The number of nitriles is 1. The molecule has 0 spiro atoms. The summed E-state index contributed by atoms with van der Waals surface area (Å²) in [6.45, 7) is 5.53. The number of fused-ring (bicyclic) bond motifs is 1. The minimum absolute atomic E-state index is 0.588.